The van der Waals surface area contributed by atoms with Gasteiger partial charge in [-0.25, -0.2) is 0 Å². The van der Waals surface area contributed by atoms with Crippen molar-refractivity contribution in [2.24, 2.45) is 0 Å². The number of hydrogen-bond donors (Lipinski definition) is 0. The second-order valence-electron chi connectivity index (χ2n) is 15.3. The first-order chi connectivity index (χ1) is 33.7. The molecule has 0 radical (unpaired) electrons. The van der Waals surface area contributed by atoms with Crippen molar-refractivity contribution in [1.82, 2.24) is 0 Å². The largest absolute Gasteiger partial charge is 0.497 e. The van der Waals surface area contributed by atoms with Gasteiger partial charge in [-0.15, -0.1) is 45.3 Å². The summed E-state index contributed by atoms with van der Waals surface area (Å²) in [7, 11) is 13.4. The summed E-state index contributed by atoms with van der Waals surface area (Å²) >= 11 is 7.07. The molecule has 4 aromatic carbocycles. The van der Waals surface area contributed by atoms with Crippen molar-refractivity contribution in [3.63, 3.8) is 0 Å². The fourth-order valence-corrected chi connectivity index (χ4v) is 12.8. The maximum atomic E-state index is 5.74. The van der Waals surface area contributed by atoms with E-state index in [0.717, 1.165) is 87.8 Å². The summed E-state index contributed by atoms with van der Waals surface area (Å²) in [5.41, 5.74) is 2.98. The van der Waals surface area contributed by atoms with E-state index >= 15 is 0 Å². The van der Waals surface area contributed by atoms with E-state index in [1.807, 2.05) is 72.8 Å². The Bertz CT molecular complexity index is 2720. The average molecular weight is 993 g/mol. The number of benzene rings is 4. The first-order valence-corrected chi connectivity index (χ1v) is 25.0. The van der Waals surface area contributed by atoms with Crippen LogP contribution in [0.25, 0.3) is 48.6 Å². The normalized spacial score (nSPS) is 11.8. The molecule has 0 amide bonds. The highest BCUT2D eigenvalue weighted by atomic mass is 32.1. The van der Waals surface area contributed by atoms with Crippen LogP contribution in [0.15, 0.2) is 121 Å². The molecule has 0 fully saturated rings. The summed E-state index contributed by atoms with van der Waals surface area (Å²) < 4.78 is 45.2. The minimum atomic E-state index is -0.705. The van der Waals surface area contributed by atoms with Crippen LogP contribution in [0, 0.1) is 0 Å². The van der Waals surface area contributed by atoms with E-state index in [4.69, 9.17) is 37.9 Å². The van der Waals surface area contributed by atoms with Crippen LogP contribution in [0.1, 0.15) is 61.3 Å². The van der Waals surface area contributed by atoms with Gasteiger partial charge in [-0.1, -0.05) is 0 Å². The molecule has 0 aliphatic carbocycles. The Morgan fingerprint density at radius 2 is 0.507 bits per heavy atom. The average Bonchev–Trinajstić information content (AvgIpc) is 4.26. The fraction of sp³-hybridized carbons (Fsp3) is 0.158. The van der Waals surface area contributed by atoms with Crippen LogP contribution in [0.3, 0.4) is 0 Å². The van der Waals surface area contributed by atoms with Gasteiger partial charge in [0, 0.05) is 61.3 Å². The van der Waals surface area contributed by atoms with Gasteiger partial charge >= 0.3 is 0 Å². The summed E-state index contributed by atoms with van der Waals surface area (Å²) in [6, 6.07) is 41.2. The lowest BCUT2D eigenvalue weighted by atomic mass is 9.81. The highest BCUT2D eigenvalue weighted by Crippen LogP contribution is 2.54. The van der Waals surface area contributed by atoms with E-state index in [2.05, 4.69) is 97.1 Å². The maximum Gasteiger partial charge on any atom is 0.126 e. The molecule has 69 heavy (non-hydrogen) atoms. The molecular weight excluding hydrogens is 941 g/mol. The number of hydrogen-bond acceptors (Lipinski definition) is 12. The molecule has 352 valence electrons. The van der Waals surface area contributed by atoms with Crippen LogP contribution in [0.5, 0.6) is 46.0 Å². The Morgan fingerprint density at radius 1 is 0.275 bits per heavy atom. The van der Waals surface area contributed by atoms with Crippen LogP contribution < -0.4 is 37.9 Å². The maximum absolute atomic E-state index is 5.74. The third-order valence-electron chi connectivity index (χ3n) is 11.4. The van der Waals surface area contributed by atoms with E-state index in [1.165, 1.54) is 19.5 Å². The van der Waals surface area contributed by atoms with Gasteiger partial charge in [0.25, 0.3) is 0 Å². The zero-order valence-electron chi connectivity index (χ0n) is 39.6. The molecule has 4 heterocycles. The Labute approximate surface area is 420 Å². The lowest BCUT2D eigenvalue weighted by Crippen LogP contribution is -2.26. The zero-order chi connectivity index (χ0) is 48.3. The van der Waals surface area contributed by atoms with Crippen LogP contribution in [-0.2, 0) is 5.41 Å². The van der Waals surface area contributed by atoms with Crippen molar-refractivity contribution in [2.45, 2.75) is 5.41 Å². The Morgan fingerprint density at radius 3 is 0.710 bits per heavy atom. The summed E-state index contributed by atoms with van der Waals surface area (Å²) in [6.45, 7) is 0. The zero-order valence-corrected chi connectivity index (χ0v) is 42.8. The Hall–Kier alpha value is -6.96. The number of rotatable bonds is 20. The molecule has 0 saturated heterocycles. The van der Waals surface area contributed by atoms with Crippen LogP contribution in [-0.4, -0.2) is 56.9 Å². The van der Waals surface area contributed by atoms with Gasteiger partial charge < -0.3 is 37.9 Å². The van der Waals surface area contributed by atoms with Gasteiger partial charge in [-0.05, 0) is 170 Å². The fourth-order valence-electron chi connectivity index (χ4n) is 7.87. The van der Waals surface area contributed by atoms with Crippen LogP contribution >= 0.6 is 45.3 Å². The van der Waals surface area contributed by atoms with Crippen molar-refractivity contribution in [1.29, 1.82) is 0 Å². The van der Waals surface area contributed by atoms with E-state index in [0.29, 0.717) is 0 Å². The molecule has 0 atom stereocenters. The van der Waals surface area contributed by atoms with Crippen molar-refractivity contribution in [3.8, 4) is 46.0 Å². The number of methoxy groups -OCH3 is 8. The molecular formula is C57H52O8S4. The lowest BCUT2D eigenvalue weighted by Gasteiger charge is -2.30. The first kappa shape index (κ1) is 48.5. The second kappa shape index (κ2) is 22.4. The molecule has 0 unspecified atom stereocenters. The summed E-state index contributed by atoms with van der Waals surface area (Å²) in [4.78, 5) is 9.04. The van der Waals surface area contributed by atoms with Gasteiger partial charge in [-0.3, -0.25) is 0 Å². The van der Waals surface area contributed by atoms with Gasteiger partial charge in [0.05, 0.1) is 56.9 Å². The van der Waals surface area contributed by atoms with E-state index in [-0.39, 0.29) is 0 Å². The predicted octanol–water partition coefficient (Wildman–Crippen LogP) is 15.1. The monoisotopic (exact) mass is 992 g/mol. The highest BCUT2D eigenvalue weighted by Gasteiger charge is 2.43. The third kappa shape index (κ3) is 10.7. The van der Waals surface area contributed by atoms with Crippen molar-refractivity contribution < 1.29 is 37.9 Å². The van der Waals surface area contributed by atoms with Gasteiger partial charge in [0.2, 0.25) is 0 Å². The molecule has 0 bridgehead atoms. The topological polar surface area (TPSA) is 73.8 Å². The second-order valence-corrected chi connectivity index (χ2v) is 19.8. The Kier molecular flexibility index (Phi) is 15.8. The van der Waals surface area contributed by atoms with Crippen LogP contribution in [0.4, 0.5) is 0 Å². The molecule has 4 aromatic heterocycles. The number of thiophene rings is 4. The molecule has 8 nitrogen and oxygen atoms in total. The molecule has 0 aliphatic heterocycles. The van der Waals surface area contributed by atoms with Crippen LogP contribution in [0.2, 0.25) is 0 Å². The predicted molar refractivity (Wildman–Crippen MR) is 290 cm³/mol. The van der Waals surface area contributed by atoms with E-state index < -0.39 is 5.41 Å². The van der Waals surface area contributed by atoms with Gasteiger partial charge in [0.1, 0.15) is 51.4 Å². The van der Waals surface area contributed by atoms with Crippen molar-refractivity contribution >= 4 is 94.0 Å². The summed E-state index contributed by atoms with van der Waals surface area (Å²) in [5, 5.41) is 0. The smallest absolute Gasteiger partial charge is 0.126 e. The first-order valence-electron chi connectivity index (χ1n) is 21.8. The number of ether oxygens (including phenoxy) is 8. The molecule has 0 saturated carbocycles. The van der Waals surface area contributed by atoms with E-state index in [1.54, 1.807) is 102 Å². The SMILES string of the molecule is COc1ccc(OC)c(/C=C/c2ccc(C(c3ccc(/C=C/c4cc(OC)ccc4OC)s3)(c3ccc(/C=C/c4cc(OC)ccc4OC)s3)c3ccc(/C=C/c4cc(OC)ccc4OC)s3)s2)c1. The lowest BCUT2D eigenvalue weighted by molar-refractivity contribution is 0.402. The minimum absolute atomic E-state index is 0.705. The summed E-state index contributed by atoms with van der Waals surface area (Å²) in [5.74, 6) is 6.09. The molecule has 0 spiro atoms. The molecule has 8 aromatic rings. The minimum Gasteiger partial charge on any atom is -0.497 e. The molecule has 8 rings (SSSR count). The van der Waals surface area contributed by atoms with E-state index in [9.17, 15) is 0 Å². The van der Waals surface area contributed by atoms with Crippen molar-refractivity contribution in [2.75, 3.05) is 56.9 Å². The standard InChI is InChI=1S/C57H52O8S4/c1-58-41-13-25-49(62-5)37(33-41)9-17-45-21-29-53(66-45)57(54-30-22-46(67-54)18-10-38-34-42(59-2)14-26-50(38)63-6,55-31-23-47(68-55)19-11-39-35-43(60-3)15-27-51(39)64-7)56-32-24-48(69-56)20-12-40-36-44(61-4)16-28-52(40)65-8/h9-36H,1-8H3/b17-9+,18-10+,19-11+,20-12+. The molecule has 0 aliphatic rings. The summed E-state index contributed by atoms with van der Waals surface area (Å²) in [6.07, 6.45) is 16.9. The third-order valence-corrected chi connectivity index (χ3v) is 16.1. The Balaban J connectivity index is 1.30. The highest BCUT2D eigenvalue weighted by molar-refractivity contribution is 7.18. The van der Waals surface area contributed by atoms with Gasteiger partial charge in [0.15, 0.2) is 0 Å². The quantitative estimate of drug-likeness (QED) is 0.0748. The molecule has 12 heteroatoms. The molecule has 0 N–H and O–H groups in total. The van der Waals surface area contributed by atoms with Gasteiger partial charge in [-0.2, -0.15) is 0 Å². The van der Waals surface area contributed by atoms with Crippen molar-refractivity contribution in [3.05, 3.63) is 183 Å².